The van der Waals surface area contributed by atoms with Gasteiger partial charge in [-0.1, -0.05) is 6.07 Å². The Hall–Kier alpha value is -3.63. The molecule has 0 atom stereocenters. The van der Waals surface area contributed by atoms with Crippen molar-refractivity contribution in [3.63, 3.8) is 0 Å². The number of ether oxygens (including phenoxy) is 2. The van der Waals surface area contributed by atoms with Crippen molar-refractivity contribution in [2.75, 3.05) is 7.11 Å². The predicted octanol–water partition coefficient (Wildman–Crippen LogP) is 2.19. The summed E-state index contributed by atoms with van der Waals surface area (Å²) in [5.74, 6) is -2.94. The fraction of sp³-hybridized carbons (Fsp3) is 0.176. The summed E-state index contributed by atoms with van der Waals surface area (Å²) in [5.41, 5.74) is 0.489. The lowest BCUT2D eigenvalue weighted by Gasteiger charge is -2.10. The van der Waals surface area contributed by atoms with Gasteiger partial charge in [-0.2, -0.15) is 13.9 Å². The molecule has 0 bridgehead atoms. The lowest BCUT2D eigenvalue weighted by molar-refractivity contribution is -0.0522. The van der Waals surface area contributed by atoms with Crippen molar-refractivity contribution < 1.29 is 32.2 Å². The predicted molar refractivity (Wildman–Crippen MR) is 88.5 cm³/mol. The maximum Gasteiger partial charge on any atom is 0.387 e. The molecule has 3 rings (SSSR count). The molecule has 0 fully saturated rings. The summed E-state index contributed by atoms with van der Waals surface area (Å²) in [7, 11) is 1.19. The standard InChI is InChI=1S/C17H13F3N4O4/c1-27-16(26)12-7-11(23-14-4-5-22-24(12)14)15(25)21-8-9-2-3-10(18)13(6-9)28-17(19)20/h2-7,17H,8H2,1H3,(H,21,25). The summed E-state index contributed by atoms with van der Waals surface area (Å²) in [4.78, 5) is 28.4. The minimum Gasteiger partial charge on any atom is -0.464 e. The zero-order valence-corrected chi connectivity index (χ0v) is 14.4. The number of nitrogens with one attached hydrogen (secondary N) is 1. The number of hydrogen-bond acceptors (Lipinski definition) is 6. The van der Waals surface area contributed by atoms with Crippen LogP contribution in [0.4, 0.5) is 13.2 Å². The number of nitrogens with zero attached hydrogens (tertiary/aromatic N) is 3. The quantitative estimate of drug-likeness (QED) is 0.644. The van der Waals surface area contributed by atoms with Gasteiger partial charge < -0.3 is 14.8 Å². The van der Waals surface area contributed by atoms with Gasteiger partial charge in [0.2, 0.25) is 0 Å². The van der Waals surface area contributed by atoms with Crippen molar-refractivity contribution >= 4 is 17.5 Å². The van der Waals surface area contributed by atoms with Crippen molar-refractivity contribution in [1.82, 2.24) is 19.9 Å². The van der Waals surface area contributed by atoms with Crippen LogP contribution in [0.5, 0.6) is 5.75 Å². The molecular weight excluding hydrogens is 381 g/mol. The van der Waals surface area contributed by atoms with Gasteiger partial charge in [-0.25, -0.2) is 18.7 Å². The van der Waals surface area contributed by atoms with Crippen molar-refractivity contribution in [2.24, 2.45) is 0 Å². The summed E-state index contributed by atoms with van der Waals surface area (Å²) < 4.78 is 48.0. The van der Waals surface area contributed by atoms with Gasteiger partial charge in [0, 0.05) is 18.7 Å². The van der Waals surface area contributed by atoms with Gasteiger partial charge in [-0.3, -0.25) is 4.79 Å². The molecule has 11 heteroatoms. The van der Waals surface area contributed by atoms with E-state index in [9.17, 15) is 22.8 Å². The zero-order valence-electron chi connectivity index (χ0n) is 14.4. The third kappa shape index (κ3) is 4.03. The number of hydrogen-bond donors (Lipinski definition) is 1. The first-order chi connectivity index (χ1) is 13.4. The minimum atomic E-state index is -3.18. The fourth-order valence-electron chi connectivity index (χ4n) is 2.40. The summed E-state index contributed by atoms with van der Waals surface area (Å²) in [6, 6.07) is 6.01. The van der Waals surface area contributed by atoms with Crippen LogP contribution in [0.3, 0.4) is 0 Å². The third-order valence-electron chi connectivity index (χ3n) is 3.65. The van der Waals surface area contributed by atoms with Gasteiger partial charge in [0.05, 0.1) is 13.3 Å². The second-order valence-electron chi connectivity index (χ2n) is 5.45. The van der Waals surface area contributed by atoms with Crippen LogP contribution in [-0.2, 0) is 11.3 Å². The molecule has 0 radical (unpaired) electrons. The van der Waals surface area contributed by atoms with E-state index in [4.69, 9.17) is 0 Å². The Kier molecular flexibility index (Phi) is 5.43. The first kappa shape index (κ1) is 19.1. The Balaban J connectivity index is 1.79. The van der Waals surface area contributed by atoms with E-state index in [1.54, 1.807) is 0 Å². The lowest BCUT2D eigenvalue weighted by atomic mass is 10.2. The number of methoxy groups -OCH3 is 1. The van der Waals surface area contributed by atoms with E-state index < -0.39 is 30.1 Å². The van der Waals surface area contributed by atoms with Crippen LogP contribution < -0.4 is 10.1 Å². The van der Waals surface area contributed by atoms with Crippen LogP contribution in [0, 0.1) is 5.82 Å². The summed E-state index contributed by atoms with van der Waals surface area (Å²) >= 11 is 0. The third-order valence-corrected chi connectivity index (χ3v) is 3.65. The molecule has 0 aliphatic heterocycles. The number of esters is 1. The van der Waals surface area contributed by atoms with Crippen molar-refractivity contribution in [3.8, 4) is 5.75 Å². The number of halogens is 3. The van der Waals surface area contributed by atoms with Gasteiger partial charge in [-0.05, 0) is 17.7 Å². The highest BCUT2D eigenvalue weighted by Crippen LogP contribution is 2.21. The molecule has 2 heterocycles. The zero-order chi connectivity index (χ0) is 20.3. The maximum absolute atomic E-state index is 13.5. The van der Waals surface area contributed by atoms with E-state index in [0.717, 1.165) is 12.1 Å². The maximum atomic E-state index is 13.5. The smallest absolute Gasteiger partial charge is 0.387 e. The summed E-state index contributed by atoms with van der Waals surface area (Å²) in [6.07, 6.45) is 1.40. The highest BCUT2D eigenvalue weighted by atomic mass is 19.3. The molecule has 0 aliphatic carbocycles. The molecule has 2 aromatic heterocycles. The first-order valence-corrected chi connectivity index (χ1v) is 7.83. The van der Waals surface area contributed by atoms with Crippen molar-refractivity contribution in [3.05, 3.63) is 59.3 Å². The van der Waals surface area contributed by atoms with Crippen LogP contribution >= 0.6 is 0 Å². The Bertz CT molecular complexity index is 1040. The molecule has 28 heavy (non-hydrogen) atoms. The fourth-order valence-corrected chi connectivity index (χ4v) is 2.40. The normalized spacial score (nSPS) is 10.9. The van der Waals surface area contributed by atoms with E-state index in [2.05, 4.69) is 24.9 Å². The van der Waals surface area contributed by atoms with E-state index in [-0.39, 0.29) is 23.6 Å². The van der Waals surface area contributed by atoms with Gasteiger partial charge in [0.15, 0.2) is 22.9 Å². The highest BCUT2D eigenvalue weighted by molar-refractivity contribution is 5.96. The molecule has 3 aromatic rings. The minimum absolute atomic E-state index is 0.00273. The second-order valence-corrected chi connectivity index (χ2v) is 5.45. The Labute approximate surface area is 155 Å². The number of benzene rings is 1. The number of amides is 1. The van der Waals surface area contributed by atoms with Crippen LogP contribution in [-0.4, -0.2) is 40.2 Å². The van der Waals surface area contributed by atoms with Crippen LogP contribution in [0.15, 0.2) is 36.5 Å². The molecule has 146 valence electrons. The van der Waals surface area contributed by atoms with Crippen LogP contribution in [0.1, 0.15) is 26.5 Å². The van der Waals surface area contributed by atoms with Crippen LogP contribution in [0.2, 0.25) is 0 Å². The first-order valence-electron chi connectivity index (χ1n) is 7.83. The van der Waals surface area contributed by atoms with Gasteiger partial charge in [0.1, 0.15) is 5.69 Å². The molecule has 0 spiro atoms. The average molecular weight is 394 g/mol. The largest absolute Gasteiger partial charge is 0.464 e. The lowest BCUT2D eigenvalue weighted by Crippen LogP contribution is -2.25. The SMILES string of the molecule is COC(=O)c1cc(C(=O)NCc2ccc(F)c(OC(F)F)c2)nc2ccnn12. The van der Waals surface area contributed by atoms with Gasteiger partial charge >= 0.3 is 12.6 Å². The highest BCUT2D eigenvalue weighted by Gasteiger charge is 2.18. The van der Waals surface area contributed by atoms with E-state index in [1.807, 2.05) is 0 Å². The summed E-state index contributed by atoms with van der Waals surface area (Å²) in [5, 5.41) is 6.44. The number of carbonyl (C=O) groups excluding carboxylic acids is 2. The molecule has 0 saturated heterocycles. The van der Waals surface area contributed by atoms with Gasteiger partial charge in [-0.15, -0.1) is 0 Å². The van der Waals surface area contributed by atoms with Gasteiger partial charge in [0.25, 0.3) is 5.91 Å². The molecule has 0 saturated carbocycles. The van der Waals surface area contributed by atoms with E-state index in [1.165, 1.54) is 36.0 Å². The Morgan fingerprint density at radius 1 is 1.25 bits per heavy atom. The molecule has 1 aromatic carbocycles. The van der Waals surface area contributed by atoms with Crippen LogP contribution in [0.25, 0.3) is 5.65 Å². The number of alkyl halides is 2. The molecular formula is C17H13F3N4O4. The monoisotopic (exact) mass is 394 g/mol. The summed E-state index contributed by atoms with van der Waals surface area (Å²) in [6.45, 7) is -3.29. The molecule has 8 nitrogen and oxygen atoms in total. The molecule has 0 aliphatic rings. The van der Waals surface area contributed by atoms with E-state index in [0.29, 0.717) is 5.56 Å². The topological polar surface area (TPSA) is 94.8 Å². The average Bonchev–Trinajstić information content (AvgIpc) is 3.15. The Morgan fingerprint density at radius 3 is 2.75 bits per heavy atom. The van der Waals surface area contributed by atoms with Crippen molar-refractivity contribution in [2.45, 2.75) is 13.2 Å². The number of fused-ring (bicyclic) bond motifs is 1. The number of aromatic nitrogens is 3. The Morgan fingerprint density at radius 2 is 2.04 bits per heavy atom. The second kappa shape index (κ2) is 7.94. The van der Waals surface area contributed by atoms with E-state index >= 15 is 0 Å². The molecule has 1 amide bonds. The molecule has 1 N–H and O–H groups in total. The number of carbonyl (C=O) groups is 2. The van der Waals surface area contributed by atoms with Crippen molar-refractivity contribution in [1.29, 1.82) is 0 Å². The number of rotatable bonds is 6. The molecule has 0 unspecified atom stereocenters.